The standard InChI is InChI=1S/C12H19N5/c1-2-3-5-9-6-4-7-10(8-9)12(14)15-11(13)16-17-12/h4,6-8,17H,2-3,5,14H2,1H3,(H3,13,15,16). The minimum Gasteiger partial charge on any atom is -0.369 e. The normalized spacial score (nSPS) is 23.3. The molecule has 5 heteroatoms. The molecule has 0 spiro atoms. The molecule has 1 aromatic carbocycles. The van der Waals surface area contributed by atoms with E-state index in [9.17, 15) is 0 Å². The fourth-order valence-corrected chi connectivity index (χ4v) is 1.89. The van der Waals surface area contributed by atoms with Gasteiger partial charge in [-0.3, -0.25) is 11.2 Å². The highest BCUT2D eigenvalue weighted by molar-refractivity contribution is 5.79. The van der Waals surface area contributed by atoms with E-state index in [1.165, 1.54) is 18.4 Å². The zero-order valence-electron chi connectivity index (χ0n) is 10.0. The van der Waals surface area contributed by atoms with Crippen molar-refractivity contribution in [1.82, 2.24) is 10.9 Å². The third kappa shape index (κ3) is 2.57. The van der Waals surface area contributed by atoms with Crippen LogP contribution in [0, 0.1) is 0 Å². The second kappa shape index (κ2) is 4.73. The maximum absolute atomic E-state index is 6.13. The van der Waals surface area contributed by atoms with Gasteiger partial charge in [-0.1, -0.05) is 37.6 Å². The maximum Gasteiger partial charge on any atom is 0.209 e. The summed E-state index contributed by atoms with van der Waals surface area (Å²) in [4.78, 5) is 4.16. The van der Waals surface area contributed by atoms with E-state index in [2.05, 4.69) is 34.9 Å². The summed E-state index contributed by atoms with van der Waals surface area (Å²) in [7, 11) is 0. The predicted molar refractivity (Wildman–Crippen MR) is 68.8 cm³/mol. The van der Waals surface area contributed by atoms with Crippen LogP contribution in [-0.4, -0.2) is 5.96 Å². The van der Waals surface area contributed by atoms with Crippen LogP contribution >= 0.6 is 0 Å². The Morgan fingerprint density at radius 2 is 2.24 bits per heavy atom. The van der Waals surface area contributed by atoms with Crippen molar-refractivity contribution in [2.45, 2.75) is 32.0 Å². The highest BCUT2D eigenvalue weighted by atomic mass is 15.6. The minimum atomic E-state index is -0.952. The molecule has 0 saturated heterocycles. The summed E-state index contributed by atoms with van der Waals surface area (Å²) in [6.07, 6.45) is 3.42. The molecule has 0 radical (unpaired) electrons. The third-order valence-electron chi connectivity index (χ3n) is 2.86. The molecule has 2 rings (SSSR count). The quantitative estimate of drug-likeness (QED) is 0.610. The molecule has 5 nitrogen and oxygen atoms in total. The lowest BCUT2D eigenvalue weighted by Gasteiger charge is -2.21. The van der Waals surface area contributed by atoms with Crippen LogP contribution in [0.25, 0.3) is 0 Å². The van der Waals surface area contributed by atoms with Gasteiger partial charge in [-0.25, -0.2) is 4.99 Å². The zero-order chi connectivity index (χ0) is 12.3. The van der Waals surface area contributed by atoms with Crippen molar-refractivity contribution in [2.24, 2.45) is 16.5 Å². The molecule has 1 unspecified atom stereocenters. The number of rotatable bonds is 4. The zero-order valence-corrected chi connectivity index (χ0v) is 10.0. The average Bonchev–Trinajstić information content (AvgIpc) is 2.68. The van der Waals surface area contributed by atoms with E-state index in [1.807, 2.05) is 12.1 Å². The molecule has 0 saturated carbocycles. The molecule has 92 valence electrons. The van der Waals surface area contributed by atoms with Gasteiger partial charge in [0.1, 0.15) is 0 Å². The molecule has 0 bridgehead atoms. The lowest BCUT2D eigenvalue weighted by molar-refractivity contribution is 0.375. The summed E-state index contributed by atoms with van der Waals surface area (Å²) in [5.74, 6) is -0.641. The number of nitrogens with zero attached hydrogens (tertiary/aromatic N) is 1. The molecule has 0 aromatic heterocycles. The molecule has 1 aliphatic heterocycles. The fraction of sp³-hybridized carbons (Fsp3) is 0.417. The Bertz CT molecular complexity index is 429. The van der Waals surface area contributed by atoms with E-state index in [-0.39, 0.29) is 0 Å². The van der Waals surface area contributed by atoms with Gasteiger partial charge >= 0.3 is 0 Å². The monoisotopic (exact) mass is 233 g/mol. The Kier molecular flexibility index (Phi) is 3.31. The Labute approximate surface area is 101 Å². The van der Waals surface area contributed by atoms with Crippen molar-refractivity contribution >= 4 is 5.96 Å². The average molecular weight is 233 g/mol. The molecular weight excluding hydrogens is 214 g/mol. The Balaban J connectivity index is 2.21. The summed E-state index contributed by atoms with van der Waals surface area (Å²) in [5.41, 5.74) is 19.5. The number of unbranched alkanes of at least 4 members (excludes halogenated alkanes) is 1. The molecule has 1 aromatic rings. The first-order valence-electron chi connectivity index (χ1n) is 5.91. The SMILES string of the molecule is CCCCc1cccc(C2(N)N=C(N)NN2)c1. The number of aryl methyl sites for hydroxylation is 1. The van der Waals surface area contributed by atoms with E-state index in [1.54, 1.807) is 0 Å². The van der Waals surface area contributed by atoms with Gasteiger partial charge in [0.05, 0.1) is 0 Å². The summed E-state index contributed by atoms with van der Waals surface area (Å²) >= 11 is 0. The molecular formula is C12H19N5. The molecule has 6 N–H and O–H groups in total. The third-order valence-corrected chi connectivity index (χ3v) is 2.86. The van der Waals surface area contributed by atoms with Gasteiger partial charge in [-0.2, -0.15) is 5.43 Å². The van der Waals surface area contributed by atoms with E-state index in [0.717, 1.165) is 12.0 Å². The van der Waals surface area contributed by atoms with Crippen LogP contribution in [0.1, 0.15) is 30.9 Å². The number of aliphatic imine (C=N–C) groups is 1. The number of benzene rings is 1. The van der Waals surface area contributed by atoms with Crippen LogP contribution in [0.15, 0.2) is 29.3 Å². The van der Waals surface area contributed by atoms with Crippen molar-refractivity contribution < 1.29 is 0 Å². The summed E-state index contributed by atoms with van der Waals surface area (Å²) in [5, 5.41) is 0. The first-order valence-corrected chi connectivity index (χ1v) is 5.91. The Hall–Kier alpha value is -1.59. The second-order valence-corrected chi connectivity index (χ2v) is 4.32. The molecule has 1 heterocycles. The Morgan fingerprint density at radius 1 is 1.41 bits per heavy atom. The van der Waals surface area contributed by atoms with Gasteiger partial charge in [-0.15, -0.1) is 0 Å². The lowest BCUT2D eigenvalue weighted by Crippen LogP contribution is -2.50. The Morgan fingerprint density at radius 3 is 2.88 bits per heavy atom. The predicted octanol–water partition coefficient (Wildman–Crippen LogP) is 0.521. The van der Waals surface area contributed by atoms with Gasteiger partial charge in [0.25, 0.3) is 0 Å². The first-order chi connectivity index (χ1) is 8.14. The van der Waals surface area contributed by atoms with Crippen molar-refractivity contribution in [2.75, 3.05) is 0 Å². The van der Waals surface area contributed by atoms with E-state index >= 15 is 0 Å². The molecule has 0 aliphatic carbocycles. The van der Waals surface area contributed by atoms with Crippen molar-refractivity contribution in [3.05, 3.63) is 35.4 Å². The lowest BCUT2D eigenvalue weighted by atomic mass is 10.0. The molecule has 0 amide bonds. The number of nitrogens with one attached hydrogen (secondary N) is 2. The second-order valence-electron chi connectivity index (χ2n) is 4.32. The van der Waals surface area contributed by atoms with E-state index < -0.39 is 5.79 Å². The van der Waals surface area contributed by atoms with Crippen LogP contribution in [0.4, 0.5) is 0 Å². The fourth-order valence-electron chi connectivity index (χ4n) is 1.89. The van der Waals surface area contributed by atoms with Gasteiger partial charge in [0.2, 0.25) is 11.7 Å². The molecule has 0 fully saturated rings. The number of nitrogens with two attached hydrogens (primary N) is 2. The largest absolute Gasteiger partial charge is 0.369 e. The molecule has 1 atom stereocenters. The molecule has 1 aliphatic rings. The van der Waals surface area contributed by atoms with Crippen molar-refractivity contribution in [3.63, 3.8) is 0 Å². The highest BCUT2D eigenvalue weighted by Gasteiger charge is 2.31. The van der Waals surface area contributed by atoms with Crippen molar-refractivity contribution in [1.29, 1.82) is 0 Å². The summed E-state index contributed by atoms with van der Waals surface area (Å²) < 4.78 is 0. The van der Waals surface area contributed by atoms with Crippen LogP contribution in [0.2, 0.25) is 0 Å². The maximum atomic E-state index is 6.13. The number of hydrazine groups is 1. The number of hydrogen-bond acceptors (Lipinski definition) is 5. The van der Waals surface area contributed by atoms with E-state index in [0.29, 0.717) is 5.96 Å². The van der Waals surface area contributed by atoms with Crippen LogP contribution < -0.4 is 22.3 Å². The van der Waals surface area contributed by atoms with Crippen LogP contribution in [0.5, 0.6) is 0 Å². The summed E-state index contributed by atoms with van der Waals surface area (Å²) in [6.45, 7) is 2.18. The van der Waals surface area contributed by atoms with Gasteiger partial charge < -0.3 is 5.73 Å². The number of guanidine groups is 1. The summed E-state index contributed by atoms with van der Waals surface area (Å²) in [6, 6.07) is 8.14. The first kappa shape index (κ1) is 11.9. The van der Waals surface area contributed by atoms with E-state index in [4.69, 9.17) is 11.5 Å². The topological polar surface area (TPSA) is 88.5 Å². The van der Waals surface area contributed by atoms with Crippen molar-refractivity contribution in [3.8, 4) is 0 Å². The van der Waals surface area contributed by atoms with Crippen LogP contribution in [-0.2, 0) is 12.2 Å². The molecule has 17 heavy (non-hydrogen) atoms. The minimum absolute atomic E-state index is 0.312. The smallest absolute Gasteiger partial charge is 0.209 e. The number of hydrogen-bond donors (Lipinski definition) is 4. The van der Waals surface area contributed by atoms with Crippen LogP contribution in [0.3, 0.4) is 0 Å². The van der Waals surface area contributed by atoms with Gasteiger partial charge in [-0.05, 0) is 18.4 Å². The van der Waals surface area contributed by atoms with Gasteiger partial charge in [0, 0.05) is 5.56 Å². The van der Waals surface area contributed by atoms with Gasteiger partial charge in [0.15, 0.2) is 0 Å². The highest BCUT2D eigenvalue weighted by Crippen LogP contribution is 2.20.